The lowest BCUT2D eigenvalue weighted by molar-refractivity contribution is 0.0474. The fraction of sp³-hybridized carbons (Fsp3) is 0.125. The highest BCUT2D eigenvalue weighted by Crippen LogP contribution is 2.26. The highest BCUT2D eigenvalue weighted by atomic mass is 32.1. The van der Waals surface area contributed by atoms with Gasteiger partial charge in [0.05, 0.1) is 5.56 Å². The molecule has 0 amide bonds. The number of benzene rings is 1. The maximum absolute atomic E-state index is 12.0. The van der Waals surface area contributed by atoms with Crippen molar-refractivity contribution in [2.24, 2.45) is 7.05 Å². The minimum atomic E-state index is -0.483. The predicted octanol–water partition coefficient (Wildman–Crippen LogP) is 2.96. The number of fused-ring (bicyclic) bond motifs is 1. The van der Waals surface area contributed by atoms with E-state index >= 15 is 0 Å². The van der Waals surface area contributed by atoms with Gasteiger partial charge in [-0.3, -0.25) is 4.79 Å². The van der Waals surface area contributed by atoms with Gasteiger partial charge in [0, 0.05) is 29.6 Å². The first kappa shape index (κ1) is 13.6. The zero-order valence-corrected chi connectivity index (χ0v) is 12.2. The quantitative estimate of drug-likeness (QED) is 0.699. The van der Waals surface area contributed by atoms with Crippen molar-refractivity contribution in [3.8, 4) is 0 Å². The van der Waals surface area contributed by atoms with Gasteiger partial charge in [-0.1, -0.05) is 18.2 Å². The molecule has 21 heavy (non-hydrogen) atoms. The number of hydrogen-bond acceptors (Lipinski definition) is 4. The second-order valence-corrected chi connectivity index (χ2v) is 5.61. The van der Waals surface area contributed by atoms with E-state index in [-0.39, 0.29) is 17.7 Å². The van der Waals surface area contributed by atoms with Crippen LogP contribution in [0.15, 0.2) is 52.8 Å². The number of pyridine rings is 1. The molecule has 0 radical (unpaired) electrons. The Morgan fingerprint density at radius 2 is 2.10 bits per heavy atom. The summed E-state index contributed by atoms with van der Waals surface area (Å²) in [5.74, 6) is -0.483. The van der Waals surface area contributed by atoms with Crippen LogP contribution in [0.1, 0.15) is 15.9 Å². The van der Waals surface area contributed by atoms with Gasteiger partial charge in [-0.25, -0.2) is 4.79 Å². The molecule has 2 aromatic heterocycles. The van der Waals surface area contributed by atoms with Crippen LogP contribution in [-0.4, -0.2) is 10.5 Å². The summed E-state index contributed by atoms with van der Waals surface area (Å²) in [6, 6.07) is 10.8. The van der Waals surface area contributed by atoms with Crippen molar-refractivity contribution < 1.29 is 9.53 Å². The van der Waals surface area contributed by atoms with E-state index < -0.39 is 5.97 Å². The maximum Gasteiger partial charge on any atom is 0.338 e. The third-order valence-electron chi connectivity index (χ3n) is 3.26. The summed E-state index contributed by atoms with van der Waals surface area (Å²) in [4.78, 5) is 23.5. The standard InChI is InChI=1S/C16H13NO3S/c1-17-7-6-11(8-15(17)18)16(19)20-9-12-10-21-14-5-3-2-4-13(12)14/h2-8,10H,9H2,1H3. The van der Waals surface area contributed by atoms with Gasteiger partial charge < -0.3 is 9.30 Å². The normalized spacial score (nSPS) is 10.7. The van der Waals surface area contributed by atoms with E-state index in [1.54, 1.807) is 30.6 Å². The van der Waals surface area contributed by atoms with Gasteiger partial charge in [0.1, 0.15) is 6.61 Å². The van der Waals surface area contributed by atoms with Crippen molar-refractivity contribution in [3.63, 3.8) is 0 Å². The van der Waals surface area contributed by atoms with E-state index in [1.165, 1.54) is 10.6 Å². The van der Waals surface area contributed by atoms with E-state index in [9.17, 15) is 9.59 Å². The molecule has 0 N–H and O–H groups in total. The molecule has 3 aromatic rings. The Morgan fingerprint density at radius 3 is 2.90 bits per heavy atom. The van der Waals surface area contributed by atoms with Gasteiger partial charge in [0.2, 0.25) is 0 Å². The molecule has 1 aromatic carbocycles. The number of aryl methyl sites for hydroxylation is 1. The van der Waals surface area contributed by atoms with Gasteiger partial charge in [0.25, 0.3) is 5.56 Å². The number of esters is 1. The summed E-state index contributed by atoms with van der Waals surface area (Å²) in [6.07, 6.45) is 1.55. The smallest absolute Gasteiger partial charge is 0.338 e. The van der Waals surface area contributed by atoms with Crippen LogP contribution >= 0.6 is 11.3 Å². The Morgan fingerprint density at radius 1 is 1.29 bits per heavy atom. The molecule has 4 nitrogen and oxygen atoms in total. The molecular weight excluding hydrogens is 286 g/mol. The van der Waals surface area contributed by atoms with Crippen molar-refractivity contribution in [2.45, 2.75) is 6.61 Å². The molecule has 0 aliphatic carbocycles. The molecule has 0 saturated heterocycles. The number of rotatable bonds is 3. The average molecular weight is 299 g/mol. The molecule has 0 saturated carbocycles. The number of nitrogens with zero attached hydrogens (tertiary/aromatic N) is 1. The summed E-state index contributed by atoms with van der Waals surface area (Å²) >= 11 is 1.62. The first-order valence-electron chi connectivity index (χ1n) is 6.44. The van der Waals surface area contributed by atoms with E-state index in [1.807, 2.05) is 29.6 Å². The summed E-state index contributed by atoms with van der Waals surface area (Å²) in [6.45, 7) is 0.206. The van der Waals surface area contributed by atoms with Gasteiger partial charge in [-0.15, -0.1) is 11.3 Å². The van der Waals surface area contributed by atoms with Crippen molar-refractivity contribution in [1.82, 2.24) is 4.57 Å². The molecule has 5 heteroatoms. The number of ether oxygens (including phenoxy) is 1. The SMILES string of the molecule is Cn1ccc(C(=O)OCc2csc3ccccc23)cc1=O. The van der Waals surface area contributed by atoms with Crippen LogP contribution < -0.4 is 5.56 Å². The van der Waals surface area contributed by atoms with E-state index in [4.69, 9.17) is 4.74 Å². The Hall–Kier alpha value is -2.40. The second kappa shape index (κ2) is 5.54. The molecule has 0 fully saturated rings. The number of hydrogen-bond donors (Lipinski definition) is 0. The van der Waals surface area contributed by atoms with Crippen LogP contribution in [0.25, 0.3) is 10.1 Å². The third-order valence-corrected chi connectivity index (χ3v) is 4.27. The molecule has 2 heterocycles. The lowest BCUT2D eigenvalue weighted by Gasteiger charge is -2.05. The zero-order chi connectivity index (χ0) is 14.8. The number of thiophene rings is 1. The predicted molar refractivity (Wildman–Crippen MR) is 82.6 cm³/mol. The molecule has 106 valence electrons. The van der Waals surface area contributed by atoms with Gasteiger partial charge in [-0.2, -0.15) is 0 Å². The highest BCUT2D eigenvalue weighted by Gasteiger charge is 2.10. The molecule has 0 aliphatic heterocycles. The number of aromatic nitrogens is 1. The molecule has 0 bridgehead atoms. The Balaban J connectivity index is 1.76. The molecular formula is C16H13NO3S. The monoisotopic (exact) mass is 299 g/mol. The van der Waals surface area contributed by atoms with Gasteiger partial charge in [-0.05, 0) is 22.9 Å². The number of carbonyl (C=O) groups is 1. The van der Waals surface area contributed by atoms with E-state index in [2.05, 4.69) is 0 Å². The lowest BCUT2D eigenvalue weighted by atomic mass is 10.2. The third kappa shape index (κ3) is 2.73. The summed E-state index contributed by atoms with van der Waals surface area (Å²) in [5, 5.41) is 3.08. The summed E-state index contributed by atoms with van der Waals surface area (Å²) in [7, 11) is 1.63. The van der Waals surface area contributed by atoms with Crippen molar-refractivity contribution >= 4 is 27.4 Å². The fourth-order valence-electron chi connectivity index (χ4n) is 2.05. The van der Waals surface area contributed by atoms with Crippen LogP contribution in [0.2, 0.25) is 0 Å². The summed E-state index contributed by atoms with van der Waals surface area (Å²) < 4.78 is 7.86. The van der Waals surface area contributed by atoms with Crippen LogP contribution in [0.3, 0.4) is 0 Å². The molecule has 0 spiro atoms. The van der Waals surface area contributed by atoms with Gasteiger partial charge >= 0.3 is 5.97 Å². The van der Waals surface area contributed by atoms with E-state index in [0.29, 0.717) is 0 Å². The lowest BCUT2D eigenvalue weighted by Crippen LogP contribution is -2.17. The summed E-state index contributed by atoms with van der Waals surface area (Å²) in [5.41, 5.74) is 1.02. The molecule has 0 unspecified atom stereocenters. The van der Waals surface area contributed by atoms with Crippen molar-refractivity contribution in [1.29, 1.82) is 0 Å². The van der Waals surface area contributed by atoms with Crippen LogP contribution in [-0.2, 0) is 18.4 Å². The minimum Gasteiger partial charge on any atom is -0.457 e. The van der Waals surface area contributed by atoms with Crippen molar-refractivity contribution in [2.75, 3.05) is 0 Å². The first-order chi connectivity index (χ1) is 10.1. The number of carbonyl (C=O) groups excluding carboxylic acids is 1. The van der Waals surface area contributed by atoms with Crippen molar-refractivity contribution in [3.05, 3.63) is 69.5 Å². The largest absolute Gasteiger partial charge is 0.457 e. The van der Waals surface area contributed by atoms with Crippen LogP contribution in [0, 0.1) is 0 Å². The highest BCUT2D eigenvalue weighted by molar-refractivity contribution is 7.17. The topological polar surface area (TPSA) is 48.3 Å². The van der Waals surface area contributed by atoms with Crippen LogP contribution in [0.4, 0.5) is 0 Å². The molecule has 3 rings (SSSR count). The molecule has 0 atom stereocenters. The molecule has 0 aliphatic rings. The average Bonchev–Trinajstić information content (AvgIpc) is 2.91. The Bertz CT molecular complexity index is 863. The Kier molecular flexibility index (Phi) is 3.58. The minimum absolute atomic E-state index is 0.206. The van der Waals surface area contributed by atoms with Crippen LogP contribution in [0.5, 0.6) is 0 Å². The van der Waals surface area contributed by atoms with E-state index in [0.717, 1.165) is 15.6 Å². The maximum atomic E-state index is 12.0. The second-order valence-electron chi connectivity index (χ2n) is 4.70. The zero-order valence-electron chi connectivity index (χ0n) is 11.4. The first-order valence-corrected chi connectivity index (χ1v) is 7.32. The van der Waals surface area contributed by atoms with Gasteiger partial charge in [0.15, 0.2) is 0 Å². The fourth-order valence-corrected chi connectivity index (χ4v) is 2.99. The Labute approximate surface area is 125 Å².